The Bertz CT molecular complexity index is 562. The van der Waals surface area contributed by atoms with Gasteiger partial charge in [0.25, 0.3) is 0 Å². The number of hydrogen-bond acceptors (Lipinski definition) is 6. The Kier molecular flexibility index (Phi) is 4.28. The number of amides is 1. The van der Waals surface area contributed by atoms with Gasteiger partial charge in [0, 0.05) is 0 Å². The first kappa shape index (κ1) is 13.7. The highest BCUT2D eigenvalue weighted by Gasteiger charge is 2.16. The van der Waals surface area contributed by atoms with Crippen LogP contribution in [0.2, 0.25) is 0 Å². The van der Waals surface area contributed by atoms with Crippen molar-refractivity contribution in [2.24, 2.45) is 10.2 Å². The first-order chi connectivity index (χ1) is 8.81. The van der Waals surface area contributed by atoms with Crippen molar-refractivity contribution in [1.29, 1.82) is 0 Å². The summed E-state index contributed by atoms with van der Waals surface area (Å²) in [4.78, 5) is 10.9. The normalized spacial score (nSPS) is 18.7. The molecule has 2 heterocycles. The minimum atomic E-state index is -0.0444. The molecule has 0 radical (unpaired) electrons. The number of carbonyl (C=O) groups excluding carboxylic acids is 1. The third kappa shape index (κ3) is 3.18. The van der Waals surface area contributed by atoms with Crippen molar-refractivity contribution in [3.8, 4) is 11.5 Å². The number of thioether (sulfide) groups is 1. The lowest BCUT2D eigenvalue weighted by Gasteiger charge is -1.96. The lowest BCUT2D eigenvalue weighted by atomic mass is 10.2. The summed E-state index contributed by atoms with van der Waals surface area (Å²) in [6.45, 7) is 0.251. The van der Waals surface area contributed by atoms with E-state index < -0.39 is 0 Å². The topological polar surface area (TPSA) is 72.3 Å². The molecule has 1 fully saturated rings. The van der Waals surface area contributed by atoms with E-state index in [1.54, 1.807) is 6.21 Å². The molecule has 0 atom stereocenters. The van der Waals surface area contributed by atoms with Crippen LogP contribution in [0.5, 0.6) is 11.5 Å². The largest absolute Gasteiger partial charge is 0.454 e. The summed E-state index contributed by atoms with van der Waals surface area (Å²) >= 11 is 1.34. The summed E-state index contributed by atoms with van der Waals surface area (Å²) in [6.07, 6.45) is 1.60. The molecule has 1 N–H and O–H groups in total. The molecule has 19 heavy (non-hydrogen) atoms. The zero-order chi connectivity index (χ0) is 12.4. The molecule has 6 nitrogen and oxygen atoms in total. The number of nitrogens with zero attached hydrogens (tertiary/aromatic N) is 2. The van der Waals surface area contributed by atoms with Gasteiger partial charge in [-0.2, -0.15) is 5.10 Å². The summed E-state index contributed by atoms with van der Waals surface area (Å²) in [5.41, 5.74) is 0.859. The van der Waals surface area contributed by atoms with Crippen molar-refractivity contribution in [3.63, 3.8) is 0 Å². The minimum absolute atomic E-state index is 0. The van der Waals surface area contributed by atoms with Crippen LogP contribution in [0.1, 0.15) is 5.56 Å². The van der Waals surface area contributed by atoms with E-state index in [-0.39, 0.29) is 25.1 Å². The Hall–Kier alpha value is -1.73. The average Bonchev–Trinajstić information content (AvgIpc) is 2.97. The Morgan fingerprint density at radius 1 is 1.32 bits per heavy atom. The highest BCUT2D eigenvalue weighted by molar-refractivity contribution is 8.15. The van der Waals surface area contributed by atoms with E-state index in [0.29, 0.717) is 16.7 Å². The van der Waals surface area contributed by atoms with Gasteiger partial charge in [0.1, 0.15) is 0 Å². The van der Waals surface area contributed by atoms with Crippen LogP contribution >= 0.6 is 24.2 Å². The number of halogens is 1. The van der Waals surface area contributed by atoms with Crippen LogP contribution < -0.4 is 14.8 Å². The van der Waals surface area contributed by atoms with E-state index in [1.165, 1.54) is 11.8 Å². The lowest BCUT2D eigenvalue weighted by molar-refractivity contribution is -0.116. The molecule has 1 saturated heterocycles. The Labute approximate surface area is 119 Å². The van der Waals surface area contributed by atoms with Gasteiger partial charge in [-0.25, -0.2) is 0 Å². The fourth-order valence-electron chi connectivity index (χ4n) is 1.52. The highest BCUT2D eigenvalue weighted by Crippen LogP contribution is 2.31. The molecular formula is C11H10ClN3O3S. The molecule has 0 aromatic heterocycles. The maximum Gasteiger partial charge on any atom is 0.236 e. The molecule has 1 aromatic carbocycles. The van der Waals surface area contributed by atoms with Gasteiger partial charge in [-0.1, -0.05) is 11.8 Å². The minimum Gasteiger partial charge on any atom is -0.454 e. The predicted molar refractivity (Wildman–Crippen MR) is 75.4 cm³/mol. The van der Waals surface area contributed by atoms with Crippen molar-refractivity contribution in [2.75, 3.05) is 12.5 Å². The number of ether oxygens (including phenoxy) is 2. The van der Waals surface area contributed by atoms with Crippen molar-refractivity contribution in [1.82, 2.24) is 5.32 Å². The predicted octanol–water partition coefficient (Wildman–Crippen LogP) is 1.39. The number of benzene rings is 1. The van der Waals surface area contributed by atoms with Crippen molar-refractivity contribution in [3.05, 3.63) is 23.8 Å². The first-order valence-corrected chi connectivity index (χ1v) is 6.23. The van der Waals surface area contributed by atoms with E-state index in [4.69, 9.17) is 9.47 Å². The number of rotatable bonds is 2. The lowest BCUT2D eigenvalue weighted by Crippen LogP contribution is -2.19. The average molecular weight is 300 g/mol. The van der Waals surface area contributed by atoms with Gasteiger partial charge < -0.3 is 14.8 Å². The van der Waals surface area contributed by atoms with Crippen LogP contribution in [-0.2, 0) is 4.79 Å². The van der Waals surface area contributed by atoms with Crippen molar-refractivity contribution < 1.29 is 14.3 Å². The summed E-state index contributed by atoms with van der Waals surface area (Å²) in [7, 11) is 0. The van der Waals surface area contributed by atoms with Gasteiger partial charge in [0.2, 0.25) is 12.7 Å². The fourth-order valence-corrected chi connectivity index (χ4v) is 2.15. The van der Waals surface area contributed by atoms with E-state index in [0.717, 1.165) is 11.3 Å². The standard InChI is InChI=1S/C11H9N3O3S.ClH/c15-10-5-18-11(13-10)14-12-4-7-1-2-8-9(3-7)17-6-16-8;/h1-4H,5-6H2,(H,13,14,15);1H/b12-4+;. The quantitative estimate of drug-likeness (QED) is 0.661. The van der Waals surface area contributed by atoms with Crippen LogP contribution in [0, 0.1) is 0 Å². The molecule has 0 unspecified atom stereocenters. The Morgan fingerprint density at radius 2 is 2.16 bits per heavy atom. The number of amidine groups is 1. The number of fused-ring (bicyclic) bond motifs is 1. The van der Waals surface area contributed by atoms with Gasteiger partial charge in [-0.15, -0.1) is 17.5 Å². The molecule has 2 aliphatic rings. The first-order valence-electron chi connectivity index (χ1n) is 5.24. The van der Waals surface area contributed by atoms with Crippen molar-refractivity contribution >= 4 is 41.5 Å². The van der Waals surface area contributed by atoms with Gasteiger partial charge in [0.05, 0.1) is 12.0 Å². The molecular weight excluding hydrogens is 290 g/mol. The number of nitrogens with one attached hydrogen (secondary N) is 1. The summed E-state index contributed by atoms with van der Waals surface area (Å²) < 4.78 is 10.5. The second-order valence-corrected chi connectivity index (χ2v) is 4.56. The molecule has 0 spiro atoms. The Morgan fingerprint density at radius 3 is 2.95 bits per heavy atom. The molecule has 8 heteroatoms. The monoisotopic (exact) mass is 299 g/mol. The van der Waals surface area contributed by atoms with Crippen LogP contribution in [-0.4, -0.2) is 29.8 Å². The van der Waals surface area contributed by atoms with Crippen LogP contribution in [0.25, 0.3) is 0 Å². The zero-order valence-electron chi connectivity index (χ0n) is 9.66. The molecule has 3 rings (SSSR count). The molecule has 0 bridgehead atoms. The SMILES string of the molecule is Cl.O=C1CS/C(=N\N=C\c2ccc3c(c2)OCO3)N1. The van der Waals surface area contributed by atoms with Crippen molar-refractivity contribution in [2.45, 2.75) is 0 Å². The second kappa shape index (κ2) is 5.94. The number of hydrogen-bond donors (Lipinski definition) is 1. The summed E-state index contributed by atoms with van der Waals surface area (Å²) in [6, 6.07) is 5.51. The highest BCUT2D eigenvalue weighted by atomic mass is 35.5. The maximum atomic E-state index is 10.9. The number of carbonyl (C=O) groups is 1. The molecule has 100 valence electrons. The van der Waals surface area contributed by atoms with Crippen LogP contribution in [0.4, 0.5) is 0 Å². The third-order valence-corrected chi connectivity index (χ3v) is 3.20. The van der Waals surface area contributed by atoms with E-state index in [2.05, 4.69) is 15.5 Å². The second-order valence-electron chi connectivity index (χ2n) is 3.60. The van der Waals surface area contributed by atoms with Gasteiger partial charge >= 0.3 is 0 Å². The van der Waals surface area contributed by atoms with Gasteiger partial charge in [-0.05, 0) is 23.8 Å². The van der Waals surface area contributed by atoms with Gasteiger partial charge in [0.15, 0.2) is 16.7 Å². The zero-order valence-corrected chi connectivity index (χ0v) is 11.3. The van der Waals surface area contributed by atoms with E-state index in [9.17, 15) is 4.79 Å². The van der Waals surface area contributed by atoms with E-state index in [1.807, 2.05) is 18.2 Å². The smallest absolute Gasteiger partial charge is 0.236 e. The molecule has 1 aromatic rings. The molecule has 2 aliphatic heterocycles. The molecule has 0 aliphatic carbocycles. The van der Waals surface area contributed by atoms with E-state index >= 15 is 0 Å². The summed E-state index contributed by atoms with van der Waals surface area (Å²) in [5.74, 6) is 1.79. The van der Waals surface area contributed by atoms with Gasteiger partial charge in [-0.3, -0.25) is 4.79 Å². The third-order valence-electron chi connectivity index (χ3n) is 2.34. The Balaban J connectivity index is 0.00000133. The van der Waals surface area contributed by atoms with Crippen LogP contribution in [0.3, 0.4) is 0 Å². The van der Waals surface area contributed by atoms with Crippen LogP contribution in [0.15, 0.2) is 28.4 Å². The maximum absolute atomic E-state index is 10.9. The summed E-state index contributed by atoms with van der Waals surface area (Å²) in [5, 5.41) is 10.9. The molecule has 1 amide bonds. The fraction of sp³-hybridized carbons (Fsp3) is 0.182. The molecule has 0 saturated carbocycles.